The molecule has 0 spiro atoms. The summed E-state index contributed by atoms with van der Waals surface area (Å²) < 4.78 is 5.84. The van der Waals surface area contributed by atoms with Crippen molar-refractivity contribution < 1.29 is 9.53 Å². The van der Waals surface area contributed by atoms with E-state index in [0.717, 1.165) is 37.4 Å². The lowest BCUT2D eigenvalue weighted by molar-refractivity contribution is 0.0718. The summed E-state index contributed by atoms with van der Waals surface area (Å²) in [6.07, 6.45) is 3.37. The fraction of sp³-hybridized carbons (Fsp3) is 0.450. The minimum Gasteiger partial charge on any atom is -0.489 e. The van der Waals surface area contributed by atoms with E-state index >= 15 is 0 Å². The quantitative estimate of drug-likeness (QED) is 0.881. The van der Waals surface area contributed by atoms with Gasteiger partial charge in [-0.15, -0.1) is 0 Å². The van der Waals surface area contributed by atoms with Crippen LogP contribution in [-0.2, 0) is 0 Å². The molecule has 1 amide bonds. The Morgan fingerprint density at radius 2 is 1.88 bits per heavy atom. The third-order valence-electron chi connectivity index (χ3n) is 4.21. The van der Waals surface area contributed by atoms with E-state index in [1.807, 2.05) is 43.0 Å². The largest absolute Gasteiger partial charge is 0.489 e. The van der Waals surface area contributed by atoms with Gasteiger partial charge in [-0.05, 0) is 52.2 Å². The fourth-order valence-electron chi connectivity index (χ4n) is 3.06. The number of rotatable bonds is 5. The molecule has 1 aliphatic rings. The predicted molar refractivity (Wildman–Crippen MR) is 102 cm³/mol. The van der Waals surface area contributed by atoms with E-state index in [1.165, 1.54) is 6.42 Å². The number of carbonyl (C=O) groups excluding carboxylic acids is 1. The first-order valence-corrected chi connectivity index (χ1v) is 9.20. The topological polar surface area (TPSA) is 67.4 Å². The van der Waals surface area contributed by atoms with E-state index in [2.05, 4.69) is 15.3 Å². The molecule has 0 unspecified atom stereocenters. The van der Waals surface area contributed by atoms with E-state index in [4.69, 9.17) is 4.74 Å². The van der Waals surface area contributed by atoms with Crippen LogP contribution in [0.1, 0.15) is 49.4 Å². The van der Waals surface area contributed by atoms with Crippen LogP contribution in [0.3, 0.4) is 0 Å². The van der Waals surface area contributed by atoms with Crippen LogP contribution in [0.2, 0.25) is 0 Å². The van der Waals surface area contributed by atoms with Crippen LogP contribution in [0.4, 0.5) is 11.5 Å². The second kappa shape index (κ2) is 8.17. The highest BCUT2D eigenvalue weighted by Gasteiger charge is 2.20. The molecule has 0 aliphatic carbocycles. The summed E-state index contributed by atoms with van der Waals surface area (Å²) in [6.45, 7) is 7.38. The zero-order chi connectivity index (χ0) is 18.5. The molecular weight excluding hydrogens is 328 g/mol. The van der Waals surface area contributed by atoms with Crippen LogP contribution < -0.4 is 10.1 Å². The molecule has 138 valence electrons. The number of anilines is 2. The number of nitrogens with one attached hydrogen (secondary N) is 1. The number of hydrogen-bond acceptors (Lipinski definition) is 5. The molecule has 6 heteroatoms. The maximum atomic E-state index is 12.8. The standard InChI is InChI=1S/C20H26N4O2/c1-14(2)26-18-10-6-5-9-16(18)23-19-13-17(21-15(3)22-19)20(25)24-11-7-4-8-12-24/h5-6,9-10,13-14H,4,7-8,11-12H2,1-3H3,(H,21,22,23). The lowest BCUT2D eigenvalue weighted by atomic mass is 10.1. The molecule has 1 N–H and O–H groups in total. The Kier molecular flexibility index (Phi) is 5.71. The molecule has 0 atom stereocenters. The number of amides is 1. The summed E-state index contributed by atoms with van der Waals surface area (Å²) in [5, 5.41) is 3.27. The number of carbonyl (C=O) groups is 1. The third kappa shape index (κ3) is 4.50. The van der Waals surface area contributed by atoms with Crippen molar-refractivity contribution in [3.63, 3.8) is 0 Å². The van der Waals surface area contributed by atoms with Gasteiger partial charge in [0.2, 0.25) is 0 Å². The van der Waals surface area contributed by atoms with E-state index in [1.54, 1.807) is 13.0 Å². The minimum atomic E-state index is -0.0232. The molecule has 0 saturated carbocycles. The molecule has 0 bridgehead atoms. The molecule has 1 aliphatic heterocycles. The predicted octanol–water partition coefficient (Wildman–Crippen LogP) is 3.94. The molecule has 0 radical (unpaired) electrons. The van der Waals surface area contributed by atoms with Gasteiger partial charge in [-0.25, -0.2) is 9.97 Å². The van der Waals surface area contributed by atoms with Crippen molar-refractivity contribution in [3.05, 3.63) is 41.9 Å². The Bertz CT molecular complexity index is 770. The second-order valence-corrected chi connectivity index (χ2v) is 6.83. The van der Waals surface area contributed by atoms with Crippen molar-refractivity contribution in [1.82, 2.24) is 14.9 Å². The lowest BCUT2D eigenvalue weighted by Gasteiger charge is -2.26. The third-order valence-corrected chi connectivity index (χ3v) is 4.21. The number of para-hydroxylation sites is 2. The first-order valence-electron chi connectivity index (χ1n) is 9.20. The highest BCUT2D eigenvalue weighted by Crippen LogP contribution is 2.28. The highest BCUT2D eigenvalue weighted by molar-refractivity contribution is 5.93. The van der Waals surface area contributed by atoms with Gasteiger partial charge < -0.3 is 15.0 Å². The van der Waals surface area contributed by atoms with Gasteiger partial charge in [0.15, 0.2) is 0 Å². The zero-order valence-electron chi connectivity index (χ0n) is 15.7. The lowest BCUT2D eigenvalue weighted by Crippen LogP contribution is -2.36. The molecule has 26 heavy (non-hydrogen) atoms. The molecule has 2 aromatic rings. The number of benzene rings is 1. The van der Waals surface area contributed by atoms with Gasteiger partial charge in [-0.2, -0.15) is 0 Å². The van der Waals surface area contributed by atoms with Crippen LogP contribution in [0.15, 0.2) is 30.3 Å². The monoisotopic (exact) mass is 354 g/mol. The molecule has 1 aromatic heterocycles. The Balaban J connectivity index is 1.83. The number of hydrogen-bond donors (Lipinski definition) is 1. The number of aromatic nitrogens is 2. The normalized spacial score (nSPS) is 14.4. The minimum absolute atomic E-state index is 0.0232. The number of nitrogens with zero attached hydrogens (tertiary/aromatic N) is 3. The maximum absolute atomic E-state index is 12.8. The van der Waals surface area contributed by atoms with Gasteiger partial charge in [0.25, 0.3) is 5.91 Å². The molecule has 1 aromatic carbocycles. The van der Waals surface area contributed by atoms with Crippen molar-refractivity contribution in [1.29, 1.82) is 0 Å². The number of piperidine rings is 1. The average Bonchev–Trinajstić information content (AvgIpc) is 2.62. The van der Waals surface area contributed by atoms with Crippen LogP contribution in [-0.4, -0.2) is 40.0 Å². The summed E-state index contributed by atoms with van der Waals surface area (Å²) in [4.78, 5) is 23.4. The van der Waals surface area contributed by atoms with Crippen molar-refractivity contribution in [2.24, 2.45) is 0 Å². The number of aryl methyl sites for hydroxylation is 1. The van der Waals surface area contributed by atoms with Crippen LogP contribution >= 0.6 is 0 Å². The van der Waals surface area contributed by atoms with Gasteiger partial charge >= 0.3 is 0 Å². The Hall–Kier alpha value is -2.63. The van der Waals surface area contributed by atoms with E-state index in [0.29, 0.717) is 17.3 Å². The first-order chi connectivity index (χ1) is 12.5. The van der Waals surface area contributed by atoms with Crippen LogP contribution in [0, 0.1) is 6.92 Å². The van der Waals surface area contributed by atoms with Crippen molar-refractivity contribution in [3.8, 4) is 5.75 Å². The van der Waals surface area contributed by atoms with E-state index in [9.17, 15) is 4.79 Å². The maximum Gasteiger partial charge on any atom is 0.272 e. The van der Waals surface area contributed by atoms with Gasteiger partial charge in [0.1, 0.15) is 23.1 Å². The van der Waals surface area contributed by atoms with Crippen LogP contribution in [0.25, 0.3) is 0 Å². The number of likely N-dealkylation sites (tertiary alicyclic amines) is 1. The molecule has 2 heterocycles. The Labute approximate surface area is 154 Å². The smallest absolute Gasteiger partial charge is 0.272 e. The number of ether oxygens (including phenoxy) is 1. The highest BCUT2D eigenvalue weighted by atomic mass is 16.5. The molecule has 6 nitrogen and oxygen atoms in total. The molecule has 1 fully saturated rings. The van der Waals surface area contributed by atoms with Gasteiger partial charge in [0.05, 0.1) is 11.8 Å². The van der Waals surface area contributed by atoms with Gasteiger partial charge in [-0.1, -0.05) is 12.1 Å². The van der Waals surface area contributed by atoms with Crippen molar-refractivity contribution in [2.45, 2.75) is 46.1 Å². The summed E-state index contributed by atoms with van der Waals surface area (Å²) in [7, 11) is 0. The van der Waals surface area contributed by atoms with Gasteiger partial charge in [0, 0.05) is 19.2 Å². The first kappa shape index (κ1) is 18.2. The van der Waals surface area contributed by atoms with Gasteiger partial charge in [-0.3, -0.25) is 4.79 Å². The summed E-state index contributed by atoms with van der Waals surface area (Å²) >= 11 is 0. The molecule has 1 saturated heterocycles. The fourth-order valence-corrected chi connectivity index (χ4v) is 3.06. The Morgan fingerprint density at radius 1 is 1.15 bits per heavy atom. The van der Waals surface area contributed by atoms with E-state index < -0.39 is 0 Å². The van der Waals surface area contributed by atoms with Crippen molar-refractivity contribution >= 4 is 17.4 Å². The summed E-state index contributed by atoms with van der Waals surface area (Å²) in [6, 6.07) is 9.43. The second-order valence-electron chi connectivity index (χ2n) is 6.83. The van der Waals surface area contributed by atoms with Crippen molar-refractivity contribution in [2.75, 3.05) is 18.4 Å². The zero-order valence-corrected chi connectivity index (χ0v) is 15.7. The SMILES string of the molecule is Cc1nc(Nc2ccccc2OC(C)C)cc(C(=O)N2CCCCC2)n1. The summed E-state index contributed by atoms with van der Waals surface area (Å²) in [5.41, 5.74) is 1.25. The van der Waals surface area contributed by atoms with E-state index in [-0.39, 0.29) is 12.0 Å². The molecular formula is C20H26N4O2. The summed E-state index contributed by atoms with van der Waals surface area (Å²) in [5.74, 6) is 1.89. The Morgan fingerprint density at radius 3 is 2.62 bits per heavy atom. The van der Waals surface area contributed by atoms with Crippen LogP contribution in [0.5, 0.6) is 5.75 Å². The average molecular weight is 354 g/mol. The molecule has 3 rings (SSSR count).